The van der Waals surface area contributed by atoms with Crippen LogP contribution in [0.1, 0.15) is 18.2 Å². The number of carboxylic acid groups (broad SMARTS) is 1. The lowest BCUT2D eigenvalue weighted by atomic mass is 10.2. The fourth-order valence-electron chi connectivity index (χ4n) is 3.80. The molecule has 3 N–H and O–H groups in total. The van der Waals surface area contributed by atoms with E-state index in [0.29, 0.717) is 49.1 Å². The van der Waals surface area contributed by atoms with E-state index in [9.17, 15) is 9.90 Å². The Labute approximate surface area is 196 Å². The molecule has 0 aliphatic carbocycles. The minimum Gasteiger partial charge on any atom is -0.465 e. The predicted octanol–water partition coefficient (Wildman–Crippen LogP) is 2.35. The Morgan fingerprint density at radius 3 is 2.82 bits per heavy atom. The maximum atomic E-state index is 11.3. The van der Waals surface area contributed by atoms with Crippen LogP contribution in [0.3, 0.4) is 0 Å². The lowest BCUT2D eigenvalue weighted by Crippen LogP contribution is -2.54. The number of nitrogens with one attached hydrogen (secondary N) is 2. The monoisotopic (exact) mass is 468 g/mol. The Morgan fingerprint density at radius 2 is 2.18 bits per heavy atom. The van der Waals surface area contributed by atoms with Gasteiger partial charge in [-0.2, -0.15) is 5.10 Å². The highest BCUT2D eigenvalue weighted by molar-refractivity contribution is 5.67. The van der Waals surface area contributed by atoms with Crippen LogP contribution in [0.15, 0.2) is 30.6 Å². The predicted molar refractivity (Wildman–Crippen MR) is 125 cm³/mol. The van der Waals surface area contributed by atoms with E-state index >= 15 is 0 Å². The Morgan fingerprint density at radius 1 is 1.32 bits per heavy atom. The number of aryl methyl sites for hydroxylation is 1. The second kappa shape index (κ2) is 10.3. The van der Waals surface area contributed by atoms with Gasteiger partial charge in [0.1, 0.15) is 11.4 Å². The minimum absolute atomic E-state index is 0.0657. The van der Waals surface area contributed by atoms with Gasteiger partial charge in [0.05, 0.1) is 17.6 Å². The van der Waals surface area contributed by atoms with E-state index in [2.05, 4.69) is 30.7 Å². The van der Waals surface area contributed by atoms with Crippen molar-refractivity contribution in [2.75, 3.05) is 43.8 Å². The van der Waals surface area contributed by atoms with Gasteiger partial charge in [0.2, 0.25) is 0 Å². The summed E-state index contributed by atoms with van der Waals surface area (Å²) in [6, 6.07) is 5.41. The smallest absolute Gasteiger partial charge is 0.407 e. The quantitative estimate of drug-likeness (QED) is 0.422. The normalized spacial score (nSPS) is 15.9. The Bertz CT molecular complexity index is 1120. The van der Waals surface area contributed by atoms with E-state index in [1.54, 1.807) is 13.3 Å². The van der Waals surface area contributed by atoms with Crippen molar-refractivity contribution in [1.29, 1.82) is 0 Å². The number of aromatic amines is 1. The molecule has 1 atom stereocenters. The van der Waals surface area contributed by atoms with Crippen LogP contribution in [-0.4, -0.2) is 81.1 Å². The summed E-state index contributed by atoms with van der Waals surface area (Å²) < 4.78 is 10.8. The second-order valence-electron chi connectivity index (χ2n) is 8.02. The maximum Gasteiger partial charge on any atom is 0.407 e. The second-order valence-corrected chi connectivity index (χ2v) is 8.02. The molecule has 34 heavy (non-hydrogen) atoms. The molecule has 180 valence electrons. The third-order valence-corrected chi connectivity index (χ3v) is 5.69. The summed E-state index contributed by atoms with van der Waals surface area (Å²) in [6.07, 6.45) is 2.67. The van der Waals surface area contributed by atoms with E-state index in [4.69, 9.17) is 9.47 Å². The highest BCUT2D eigenvalue weighted by Gasteiger charge is 2.28. The van der Waals surface area contributed by atoms with Gasteiger partial charge in [-0.3, -0.25) is 5.10 Å². The van der Waals surface area contributed by atoms with Gasteiger partial charge in [-0.1, -0.05) is 0 Å². The lowest BCUT2D eigenvalue weighted by Gasteiger charge is -2.38. The van der Waals surface area contributed by atoms with Crippen molar-refractivity contribution in [3.63, 3.8) is 0 Å². The summed E-state index contributed by atoms with van der Waals surface area (Å²) >= 11 is 0. The van der Waals surface area contributed by atoms with Crippen LogP contribution in [0.4, 0.5) is 16.3 Å². The van der Waals surface area contributed by atoms with Gasteiger partial charge in [-0.15, -0.1) is 10.2 Å². The first kappa shape index (κ1) is 23.2. The summed E-state index contributed by atoms with van der Waals surface area (Å²) in [6.45, 7) is 6.01. The highest BCUT2D eigenvalue weighted by atomic mass is 16.7. The molecule has 3 aromatic rings. The van der Waals surface area contributed by atoms with Crippen LogP contribution >= 0.6 is 0 Å². The number of hydrogen-bond donors (Lipinski definition) is 3. The number of rotatable bonds is 8. The Balaban J connectivity index is 1.50. The van der Waals surface area contributed by atoms with Crippen LogP contribution in [0.2, 0.25) is 0 Å². The highest BCUT2D eigenvalue weighted by Crippen LogP contribution is 2.30. The number of carbonyl (C=O) groups is 1. The van der Waals surface area contributed by atoms with Crippen LogP contribution < -0.4 is 15.0 Å². The number of piperazine rings is 1. The molecule has 12 nitrogen and oxygen atoms in total. The van der Waals surface area contributed by atoms with Crippen molar-refractivity contribution in [3.05, 3.63) is 41.9 Å². The third-order valence-electron chi connectivity index (χ3n) is 5.69. The number of anilines is 2. The van der Waals surface area contributed by atoms with Gasteiger partial charge in [-0.25, -0.2) is 9.78 Å². The molecule has 1 unspecified atom stereocenters. The van der Waals surface area contributed by atoms with Gasteiger partial charge in [-0.05, 0) is 26.0 Å². The van der Waals surface area contributed by atoms with Gasteiger partial charge in [0.15, 0.2) is 18.4 Å². The van der Waals surface area contributed by atoms with Gasteiger partial charge in [0.25, 0.3) is 0 Å². The number of methoxy groups -OCH3 is 1. The summed E-state index contributed by atoms with van der Waals surface area (Å²) in [7, 11) is 1.55. The molecule has 1 fully saturated rings. The standard InChI is InChI=1S/C22H28N8O4/c1-14-12-29(6-7-30(14)22(31)32)20-5-4-18(27-28-20)21-19(34-13-33-3)8-17(11-24-21)23-9-16-10-25-26-15(16)2/h4-5,8,10-11,14,23H,6-7,9,12-13H2,1-3H3,(H,25,26)(H,31,32). The average molecular weight is 469 g/mol. The maximum absolute atomic E-state index is 11.3. The number of aromatic nitrogens is 5. The van der Waals surface area contributed by atoms with Crippen LogP contribution in [-0.2, 0) is 11.3 Å². The Hall–Kier alpha value is -3.93. The number of H-pyrrole nitrogens is 1. The van der Waals surface area contributed by atoms with E-state index in [-0.39, 0.29) is 12.8 Å². The SMILES string of the molecule is COCOc1cc(NCc2c[nH]nc2C)cnc1-c1ccc(N2CCN(C(=O)O)C(C)C2)nn1. The van der Waals surface area contributed by atoms with E-state index < -0.39 is 6.09 Å². The van der Waals surface area contributed by atoms with Gasteiger partial charge >= 0.3 is 6.09 Å². The molecule has 0 radical (unpaired) electrons. The minimum atomic E-state index is -0.902. The molecule has 1 aliphatic rings. The number of amides is 1. The first-order chi connectivity index (χ1) is 16.5. The fraction of sp³-hybridized carbons (Fsp3) is 0.409. The lowest BCUT2D eigenvalue weighted by molar-refractivity contribution is 0.0513. The number of hydrogen-bond acceptors (Lipinski definition) is 9. The first-order valence-electron chi connectivity index (χ1n) is 10.9. The topological polar surface area (TPSA) is 142 Å². The summed E-state index contributed by atoms with van der Waals surface area (Å²) in [5.74, 6) is 1.20. The Kier molecular flexibility index (Phi) is 7.07. The van der Waals surface area contributed by atoms with Crippen molar-refractivity contribution in [3.8, 4) is 17.1 Å². The van der Waals surface area contributed by atoms with E-state index in [0.717, 1.165) is 16.9 Å². The first-order valence-corrected chi connectivity index (χ1v) is 10.9. The fourth-order valence-corrected chi connectivity index (χ4v) is 3.80. The van der Waals surface area contributed by atoms with Crippen molar-refractivity contribution < 1.29 is 19.4 Å². The van der Waals surface area contributed by atoms with Crippen molar-refractivity contribution in [2.45, 2.75) is 26.4 Å². The van der Waals surface area contributed by atoms with Gasteiger partial charge in [0, 0.05) is 57.2 Å². The molecule has 1 amide bonds. The molecule has 3 aromatic heterocycles. The van der Waals surface area contributed by atoms with Crippen LogP contribution in [0.25, 0.3) is 11.4 Å². The molecule has 0 saturated carbocycles. The molecule has 12 heteroatoms. The molecule has 0 aromatic carbocycles. The van der Waals surface area contributed by atoms with Crippen molar-refractivity contribution in [1.82, 2.24) is 30.3 Å². The summed E-state index contributed by atoms with van der Waals surface area (Å²) in [5.41, 5.74) is 3.88. The van der Waals surface area contributed by atoms with E-state index in [1.165, 1.54) is 4.90 Å². The largest absolute Gasteiger partial charge is 0.465 e. The summed E-state index contributed by atoms with van der Waals surface area (Å²) in [5, 5.41) is 28.3. The molecule has 4 heterocycles. The zero-order valence-electron chi connectivity index (χ0n) is 19.4. The number of ether oxygens (including phenoxy) is 2. The summed E-state index contributed by atoms with van der Waals surface area (Å²) in [4.78, 5) is 19.3. The molecule has 1 saturated heterocycles. The number of pyridine rings is 1. The van der Waals surface area contributed by atoms with Gasteiger partial charge < -0.3 is 29.7 Å². The average Bonchev–Trinajstić information content (AvgIpc) is 3.26. The zero-order valence-corrected chi connectivity index (χ0v) is 19.4. The number of nitrogens with zero attached hydrogens (tertiary/aromatic N) is 6. The third kappa shape index (κ3) is 5.17. The molecular formula is C22H28N8O4. The van der Waals surface area contributed by atoms with Crippen molar-refractivity contribution in [2.24, 2.45) is 0 Å². The molecular weight excluding hydrogens is 440 g/mol. The molecule has 1 aliphatic heterocycles. The molecule has 0 spiro atoms. The zero-order chi connectivity index (χ0) is 24.1. The molecule has 0 bridgehead atoms. The van der Waals surface area contributed by atoms with Crippen LogP contribution in [0, 0.1) is 6.92 Å². The van der Waals surface area contributed by atoms with Crippen molar-refractivity contribution >= 4 is 17.6 Å². The van der Waals surface area contributed by atoms with Crippen LogP contribution in [0.5, 0.6) is 5.75 Å². The molecule has 4 rings (SSSR count). The van der Waals surface area contributed by atoms with E-state index in [1.807, 2.05) is 43.1 Å².